The van der Waals surface area contributed by atoms with E-state index in [1.807, 2.05) is 27.7 Å². The fourth-order valence-electron chi connectivity index (χ4n) is 1.44. The number of rotatable bonds is 5. The SMILES string of the molecule is CCC(O)C(C)C(C)C(O)CC. The van der Waals surface area contributed by atoms with E-state index >= 15 is 0 Å². The summed E-state index contributed by atoms with van der Waals surface area (Å²) in [7, 11) is 0. The summed E-state index contributed by atoms with van der Waals surface area (Å²) in [6, 6.07) is 0. The lowest BCUT2D eigenvalue weighted by atomic mass is 9.85. The van der Waals surface area contributed by atoms with Gasteiger partial charge in [-0.2, -0.15) is 0 Å². The molecule has 0 amide bonds. The normalized spacial score (nSPS) is 21.5. The van der Waals surface area contributed by atoms with E-state index in [0.717, 1.165) is 12.8 Å². The molecular formula is C10H22O2. The van der Waals surface area contributed by atoms with Gasteiger partial charge in [-0.25, -0.2) is 0 Å². The Kier molecular flexibility index (Phi) is 5.51. The van der Waals surface area contributed by atoms with E-state index < -0.39 is 0 Å². The van der Waals surface area contributed by atoms with E-state index in [1.165, 1.54) is 0 Å². The smallest absolute Gasteiger partial charge is 0.0566 e. The van der Waals surface area contributed by atoms with Crippen molar-refractivity contribution in [1.82, 2.24) is 0 Å². The van der Waals surface area contributed by atoms with E-state index in [1.54, 1.807) is 0 Å². The Balaban J connectivity index is 3.99. The molecule has 0 rings (SSSR count). The van der Waals surface area contributed by atoms with Crippen molar-refractivity contribution in [3.8, 4) is 0 Å². The largest absolute Gasteiger partial charge is 0.393 e. The minimum absolute atomic E-state index is 0.185. The Morgan fingerprint density at radius 3 is 1.25 bits per heavy atom. The molecule has 0 fully saturated rings. The molecule has 2 N–H and O–H groups in total. The summed E-state index contributed by atoms with van der Waals surface area (Å²) in [5.74, 6) is 0.370. The first-order valence-corrected chi connectivity index (χ1v) is 4.90. The minimum Gasteiger partial charge on any atom is -0.393 e. The van der Waals surface area contributed by atoms with Crippen LogP contribution >= 0.6 is 0 Å². The summed E-state index contributed by atoms with van der Waals surface area (Å²) >= 11 is 0. The molecule has 0 spiro atoms. The predicted molar refractivity (Wildman–Crippen MR) is 50.9 cm³/mol. The van der Waals surface area contributed by atoms with E-state index in [4.69, 9.17) is 0 Å². The fourth-order valence-corrected chi connectivity index (χ4v) is 1.44. The molecule has 0 aromatic rings. The highest BCUT2D eigenvalue weighted by Crippen LogP contribution is 2.22. The van der Waals surface area contributed by atoms with Crippen molar-refractivity contribution in [2.24, 2.45) is 11.8 Å². The lowest BCUT2D eigenvalue weighted by Crippen LogP contribution is -2.30. The average Bonchev–Trinajstić information content (AvgIpc) is 2.12. The third kappa shape index (κ3) is 3.11. The molecule has 0 heterocycles. The summed E-state index contributed by atoms with van der Waals surface area (Å²) in [4.78, 5) is 0. The highest BCUT2D eigenvalue weighted by Gasteiger charge is 2.24. The van der Waals surface area contributed by atoms with Gasteiger partial charge in [0.1, 0.15) is 0 Å². The lowest BCUT2D eigenvalue weighted by Gasteiger charge is -2.27. The minimum atomic E-state index is -0.277. The molecule has 12 heavy (non-hydrogen) atoms. The summed E-state index contributed by atoms with van der Waals surface area (Å²) in [5, 5.41) is 19.1. The molecule has 0 aromatic carbocycles. The van der Waals surface area contributed by atoms with Gasteiger partial charge < -0.3 is 10.2 Å². The van der Waals surface area contributed by atoms with Crippen LogP contribution in [0.3, 0.4) is 0 Å². The van der Waals surface area contributed by atoms with Crippen molar-refractivity contribution in [2.75, 3.05) is 0 Å². The summed E-state index contributed by atoms with van der Waals surface area (Å²) in [5.41, 5.74) is 0. The van der Waals surface area contributed by atoms with E-state index in [-0.39, 0.29) is 24.0 Å². The van der Waals surface area contributed by atoms with Crippen LogP contribution in [-0.2, 0) is 0 Å². The third-order valence-electron chi connectivity index (χ3n) is 2.88. The Bertz CT molecular complexity index is 100. The van der Waals surface area contributed by atoms with Crippen molar-refractivity contribution < 1.29 is 10.2 Å². The molecule has 0 aliphatic carbocycles. The van der Waals surface area contributed by atoms with Gasteiger partial charge in [0.15, 0.2) is 0 Å². The number of aliphatic hydroxyl groups excluding tert-OH is 2. The summed E-state index contributed by atoms with van der Waals surface area (Å²) in [6.07, 6.45) is 0.978. The zero-order valence-electron chi connectivity index (χ0n) is 8.62. The highest BCUT2D eigenvalue weighted by molar-refractivity contribution is 4.74. The summed E-state index contributed by atoms with van der Waals surface area (Å²) < 4.78 is 0. The predicted octanol–water partition coefficient (Wildman–Crippen LogP) is 1.80. The van der Waals surface area contributed by atoms with Gasteiger partial charge in [0.05, 0.1) is 12.2 Å². The molecular weight excluding hydrogens is 152 g/mol. The van der Waals surface area contributed by atoms with Gasteiger partial charge in [0.25, 0.3) is 0 Å². The highest BCUT2D eigenvalue weighted by atomic mass is 16.3. The van der Waals surface area contributed by atoms with Gasteiger partial charge >= 0.3 is 0 Å². The number of hydrogen-bond acceptors (Lipinski definition) is 2. The van der Waals surface area contributed by atoms with Crippen molar-refractivity contribution in [2.45, 2.75) is 52.7 Å². The molecule has 0 radical (unpaired) electrons. The molecule has 4 atom stereocenters. The van der Waals surface area contributed by atoms with E-state index in [9.17, 15) is 10.2 Å². The van der Waals surface area contributed by atoms with Crippen LogP contribution in [0.1, 0.15) is 40.5 Å². The molecule has 74 valence electrons. The van der Waals surface area contributed by atoms with Crippen molar-refractivity contribution >= 4 is 0 Å². The summed E-state index contributed by atoms with van der Waals surface area (Å²) in [6.45, 7) is 7.92. The number of aliphatic hydroxyl groups is 2. The Morgan fingerprint density at radius 1 is 0.833 bits per heavy atom. The third-order valence-corrected chi connectivity index (χ3v) is 2.88. The van der Waals surface area contributed by atoms with Crippen LogP contribution in [0.25, 0.3) is 0 Å². The molecule has 0 aliphatic rings. The second kappa shape index (κ2) is 5.55. The van der Waals surface area contributed by atoms with Crippen LogP contribution < -0.4 is 0 Å². The van der Waals surface area contributed by atoms with Crippen LogP contribution in [0, 0.1) is 11.8 Å². The number of hydrogen-bond donors (Lipinski definition) is 2. The van der Waals surface area contributed by atoms with Crippen molar-refractivity contribution in [3.05, 3.63) is 0 Å². The average molecular weight is 174 g/mol. The zero-order valence-corrected chi connectivity index (χ0v) is 8.62. The van der Waals surface area contributed by atoms with Gasteiger partial charge in [-0.05, 0) is 24.7 Å². The topological polar surface area (TPSA) is 40.5 Å². The zero-order chi connectivity index (χ0) is 9.72. The van der Waals surface area contributed by atoms with Crippen LogP contribution in [0.2, 0.25) is 0 Å². The molecule has 0 aliphatic heterocycles. The molecule has 2 heteroatoms. The maximum Gasteiger partial charge on any atom is 0.0566 e. The van der Waals surface area contributed by atoms with Crippen LogP contribution in [0.5, 0.6) is 0 Å². The molecule has 0 saturated heterocycles. The van der Waals surface area contributed by atoms with Gasteiger partial charge in [-0.1, -0.05) is 27.7 Å². The van der Waals surface area contributed by atoms with Gasteiger partial charge in [-0.15, -0.1) is 0 Å². The first-order valence-electron chi connectivity index (χ1n) is 4.90. The van der Waals surface area contributed by atoms with Crippen molar-refractivity contribution in [3.63, 3.8) is 0 Å². The van der Waals surface area contributed by atoms with Crippen molar-refractivity contribution in [1.29, 1.82) is 0 Å². The fraction of sp³-hybridized carbons (Fsp3) is 1.00. The maximum absolute atomic E-state index is 9.53. The van der Waals surface area contributed by atoms with Gasteiger partial charge in [0.2, 0.25) is 0 Å². The maximum atomic E-state index is 9.53. The second-order valence-electron chi connectivity index (χ2n) is 3.67. The molecule has 4 unspecified atom stereocenters. The first kappa shape index (κ1) is 11.9. The van der Waals surface area contributed by atoms with E-state index in [0.29, 0.717) is 0 Å². The standard InChI is InChI=1S/C10H22O2/c1-5-9(11)7(3)8(4)10(12)6-2/h7-12H,5-6H2,1-4H3. The van der Waals surface area contributed by atoms with Gasteiger partial charge in [-0.3, -0.25) is 0 Å². The molecule has 2 nitrogen and oxygen atoms in total. The Labute approximate surface area is 75.6 Å². The molecule has 0 saturated carbocycles. The van der Waals surface area contributed by atoms with E-state index in [2.05, 4.69) is 0 Å². The monoisotopic (exact) mass is 174 g/mol. The van der Waals surface area contributed by atoms with Crippen LogP contribution in [0.15, 0.2) is 0 Å². The Hall–Kier alpha value is -0.0800. The van der Waals surface area contributed by atoms with Crippen LogP contribution in [-0.4, -0.2) is 22.4 Å². The van der Waals surface area contributed by atoms with Gasteiger partial charge in [0, 0.05) is 0 Å². The first-order chi connectivity index (χ1) is 5.54. The molecule has 0 bridgehead atoms. The second-order valence-corrected chi connectivity index (χ2v) is 3.67. The van der Waals surface area contributed by atoms with Crippen LogP contribution in [0.4, 0.5) is 0 Å². The Morgan fingerprint density at radius 2 is 1.08 bits per heavy atom. The lowest BCUT2D eigenvalue weighted by molar-refractivity contribution is 0.0199. The molecule has 0 aromatic heterocycles. The quantitative estimate of drug-likeness (QED) is 0.667.